The van der Waals surface area contributed by atoms with Gasteiger partial charge >= 0.3 is 0 Å². The number of nitrogens with one attached hydrogen (secondary N) is 1. The highest BCUT2D eigenvalue weighted by Crippen LogP contribution is 2.27. The van der Waals surface area contributed by atoms with E-state index < -0.39 is 0 Å². The van der Waals surface area contributed by atoms with Crippen LogP contribution in [0, 0.1) is 13.8 Å². The summed E-state index contributed by atoms with van der Waals surface area (Å²) in [5.74, 6) is 1.55. The third-order valence-corrected chi connectivity index (χ3v) is 3.06. The first kappa shape index (κ1) is 13.3. The van der Waals surface area contributed by atoms with E-state index in [1.807, 2.05) is 33.9 Å². The number of ether oxygens (including phenoxy) is 1. The first-order chi connectivity index (χ1) is 9.17. The topological polar surface area (TPSA) is 59.9 Å². The van der Waals surface area contributed by atoms with Gasteiger partial charge in [0, 0.05) is 18.8 Å². The fraction of sp³-hybridized carbons (Fsp3) is 0.357. The summed E-state index contributed by atoms with van der Waals surface area (Å²) in [7, 11) is 1.84. The average molecular weight is 258 g/mol. The SMILES string of the molecule is CCOc1cncc(-c2nnc(NC)c(C)c2C)c1. The fourth-order valence-corrected chi connectivity index (χ4v) is 1.91. The summed E-state index contributed by atoms with van der Waals surface area (Å²) in [5.41, 5.74) is 3.94. The molecule has 1 N–H and O–H groups in total. The maximum atomic E-state index is 5.46. The Morgan fingerprint density at radius 1 is 1.16 bits per heavy atom. The zero-order valence-electron chi connectivity index (χ0n) is 11.7. The summed E-state index contributed by atoms with van der Waals surface area (Å²) in [6.45, 7) is 6.63. The molecule has 0 saturated carbocycles. The van der Waals surface area contributed by atoms with Crippen molar-refractivity contribution in [3.63, 3.8) is 0 Å². The summed E-state index contributed by atoms with van der Waals surface area (Å²) in [6, 6.07) is 1.94. The molecule has 0 radical (unpaired) electrons. The molecule has 0 aromatic carbocycles. The van der Waals surface area contributed by atoms with Crippen molar-refractivity contribution < 1.29 is 4.74 Å². The van der Waals surface area contributed by atoms with Crippen LogP contribution in [0.4, 0.5) is 5.82 Å². The van der Waals surface area contributed by atoms with Crippen molar-refractivity contribution in [2.24, 2.45) is 0 Å². The van der Waals surface area contributed by atoms with Crippen molar-refractivity contribution in [2.75, 3.05) is 19.0 Å². The lowest BCUT2D eigenvalue weighted by molar-refractivity contribution is 0.339. The number of nitrogens with zero attached hydrogens (tertiary/aromatic N) is 3. The van der Waals surface area contributed by atoms with Crippen LogP contribution in [-0.4, -0.2) is 28.8 Å². The molecule has 0 fully saturated rings. The van der Waals surface area contributed by atoms with Crippen LogP contribution in [0.2, 0.25) is 0 Å². The molecule has 0 aliphatic carbocycles. The minimum Gasteiger partial charge on any atom is -0.492 e. The number of anilines is 1. The lowest BCUT2D eigenvalue weighted by Gasteiger charge is -2.11. The van der Waals surface area contributed by atoms with Crippen LogP contribution in [0.5, 0.6) is 5.75 Å². The molecule has 0 spiro atoms. The number of hydrogen-bond donors (Lipinski definition) is 1. The first-order valence-corrected chi connectivity index (χ1v) is 6.27. The van der Waals surface area contributed by atoms with Gasteiger partial charge in [-0.3, -0.25) is 4.98 Å². The Hall–Kier alpha value is -2.17. The molecule has 2 rings (SSSR count). The van der Waals surface area contributed by atoms with Gasteiger partial charge < -0.3 is 10.1 Å². The molecule has 0 aliphatic heterocycles. The van der Waals surface area contributed by atoms with Crippen LogP contribution in [0.25, 0.3) is 11.3 Å². The van der Waals surface area contributed by atoms with Gasteiger partial charge in [0.05, 0.1) is 18.5 Å². The van der Waals surface area contributed by atoms with E-state index in [1.165, 1.54) is 0 Å². The van der Waals surface area contributed by atoms with Gasteiger partial charge in [0.2, 0.25) is 0 Å². The van der Waals surface area contributed by atoms with E-state index >= 15 is 0 Å². The Bertz CT molecular complexity index is 584. The van der Waals surface area contributed by atoms with Crippen molar-refractivity contribution in [1.29, 1.82) is 0 Å². The van der Waals surface area contributed by atoms with Crippen molar-refractivity contribution in [2.45, 2.75) is 20.8 Å². The molecule has 5 heteroatoms. The molecule has 0 saturated heterocycles. The summed E-state index contributed by atoms with van der Waals surface area (Å²) in [6.07, 6.45) is 3.47. The van der Waals surface area contributed by atoms with E-state index in [0.717, 1.165) is 34.0 Å². The fourth-order valence-electron chi connectivity index (χ4n) is 1.91. The molecule has 2 aromatic rings. The molecular weight excluding hydrogens is 240 g/mol. The van der Waals surface area contributed by atoms with E-state index in [0.29, 0.717) is 6.61 Å². The number of hydrogen-bond acceptors (Lipinski definition) is 5. The Labute approximate surface area is 113 Å². The molecule has 2 aromatic heterocycles. The second kappa shape index (κ2) is 5.65. The Balaban J connectivity index is 2.47. The van der Waals surface area contributed by atoms with Crippen LogP contribution in [0.3, 0.4) is 0 Å². The number of pyridine rings is 1. The molecule has 0 bridgehead atoms. The van der Waals surface area contributed by atoms with E-state index in [1.54, 1.807) is 12.4 Å². The lowest BCUT2D eigenvalue weighted by atomic mass is 10.1. The van der Waals surface area contributed by atoms with Crippen molar-refractivity contribution in [3.05, 3.63) is 29.6 Å². The minimum atomic E-state index is 0.619. The first-order valence-electron chi connectivity index (χ1n) is 6.27. The summed E-state index contributed by atoms with van der Waals surface area (Å²) in [5, 5.41) is 11.5. The van der Waals surface area contributed by atoms with Gasteiger partial charge in [-0.15, -0.1) is 10.2 Å². The van der Waals surface area contributed by atoms with Gasteiger partial charge in [-0.1, -0.05) is 0 Å². The lowest BCUT2D eigenvalue weighted by Crippen LogP contribution is -2.03. The molecule has 2 heterocycles. The standard InChI is InChI=1S/C14H18N4O/c1-5-19-12-6-11(7-16-8-12)13-9(2)10(3)14(15-4)18-17-13/h6-8H,5H2,1-4H3,(H,15,18). The maximum absolute atomic E-state index is 5.46. The minimum absolute atomic E-state index is 0.619. The van der Waals surface area contributed by atoms with Gasteiger partial charge in [0.25, 0.3) is 0 Å². The summed E-state index contributed by atoms with van der Waals surface area (Å²) < 4.78 is 5.46. The van der Waals surface area contributed by atoms with Crippen molar-refractivity contribution >= 4 is 5.82 Å². The van der Waals surface area contributed by atoms with Gasteiger partial charge in [-0.25, -0.2) is 0 Å². The molecule has 19 heavy (non-hydrogen) atoms. The zero-order valence-corrected chi connectivity index (χ0v) is 11.7. The van der Waals surface area contributed by atoms with Gasteiger partial charge in [-0.2, -0.15) is 0 Å². The summed E-state index contributed by atoms with van der Waals surface area (Å²) >= 11 is 0. The quantitative estimate of drug-likeness (QED) is 0.913. The van der Waals surface area contributed by atoms with Crippen LogP contribution >= 0.6 is 0 Å². The molecule has 0 atom stereocenters. The smallest absolute Gasteiger partial charge is 0.151 e. The predicted molar refractivity (Wildman–Crippen MR) is 75.5 cm³/mol. The highest BCUT2D eigenvalue weighted by molar-refractivity contribution is 5.66. The zero-order chi connectivity index (χ0) is 13.8. The predicted octanol–water partition coefficient (Wildman–Crippen LogP) is 2.60. The molecule has 5 nitrogen and oxygen atoms in total. The van der Waals surface area contributed by atoms with Crippen LogP contribution < -0.4 is 10.1 Å². The Kier molecular flexibility index (Phi) is 3.94. The molecule has 0 aliphatic rings. The number of aromatic nitrogens is 3. The van der Waals surface area contributed by atoms with Gasteiger partial charge in [0.15, 0.2) is 5.82 Å². The van der Waals surface area contributed by atoms with Crippen molar-refractivity contribution in [3.8, 4) is 17.0 Å². The van der Waals surface area contributed by atoms with Crippen LogP contribution in [-0.2, 0) is 0 Å². The van der Waals surface area contributed by atoms with E-state index in [2.05, 4.69) is 20.5 Å². The third kappa shape index (κ3) is 2.65. The number of rotatable bonds is 4. The van der Waals surface area contributed by atoms with Gasteiger partial charge in [-0.05, 0) is 38.0 Å². The third-order valence-electron chi connectivity index (χ3n) is 3.06. The molecular formula is C14H18N4O. The molecule has 100 valence electrons. The van der Waals surface area contributed by atoms with Gasteiger partial charge in [0.1, 0.15) is 5.75 Å². The van der Waals surface area contributed by atoms with E-state index in [4.69, 9.17) is 4.74 Å². The van der Waals surface area contributed by atoms with Crippen molar-refractivity contribution in [1.82, 2.24) is 15.2 Å². The normalized spacial score (nSPS) is 10.3. The molecule has 0 amide bonds. The highest BCUT2D eigenvalue weighted by atomic mass is 16.5. The van der Waals surface area contributed by atoms with Crippen LogP contribution in [0.1, 0.15) is 18.1 Å². The average Bonchev–Trinajstić information content (AvgIpc) is 2.42. The Morgan fingerprint density at radius 2 is 1.95 bits per heavy atom. The maximum Gasteiger partial charge on any atom is 0.151 e. The largest absolute Gasteiger partial charge is 0.492 e. The summed E-state index contributed by atoms with van der Waals surface area (Å²) in [4.78, 5) is 4.18. The van der Waals surface area contributed by atoms with Crippen LogP contribution in [0.15, 0.2) is 18.5 Å². The second-order valence-electron chi connectivity index (χ2n) is 4.24. The van der Waals surface area contributed by atoms with E-state index in [9.17, 15) is 0 Å². The Morgan fingerprint density at radius 3 is 2.63 bits per heavy atom. The monoisotopic (exact) mass is 258 g/mol. The highest BCUT2D eigenvalue weighted by Gasteiger charge is 2.11. The molecule has 0 unspecified atom stereocenters. The second-order valence-corrected chi connectivity index (χ2v) is 4.24. The van der Waals surface area contributed by atoms with E-state index in [-0.39, 0.29) is 0 Å².